The fraction of sp³-hybridized carbons (Fsp3) is 0.364. The number of aryl methyl sites for hydroxylation is 1. The van der Waals surface area contributed by atoms with E-state index in [-0.39, 0.29) is 5.57 Å². The van der Waals surface area contributed by atoms with Gasteiger partial charge in [-0.25, -0.2) is 0 Å². The predicted octanol–water partition coefficient (Wildman–Crippen LogP) is 4.85. The van der Waals surface area contributed by atoms with E-state index in [9.17, 15) is 10.1 Å². The molecule has 5 nitrogen and oxygen atoms in total. The molecule has 0 saturated carbocycles. The number of hydrogen-bond acceptors (Lipinski definition) is 3. The van der Waals surface area contributed by atoms with E-state index in [1.807, 2.05) is 45.0 Å². The molecule has 5 heteroatoms. The Labute approximate surface area is 161 Å². The first-order valence-corrected chi connectivity index (χ1v) is 9.33. The van der Waals surface area contributed by atoms with Crippen molar-refractivity contribution in [2.75, 3.05) is 11.9 Å². The molecular formula is C22H27N3O2. The van der Waals surface area contributed by atoms with E-state index in [0.717, 1.165) is 36.3 Å². The Morgan fingerprint density at radius 3 is 2.67 bits per heavy atom. The van der Waals surface area contributed by atoms with Crippen LogP contribution in [0.3, 0.4) is 0 Å². The van der Waals surface area contributed by atoms with Crippen LogP contribution in [0, 0.1) is 25.2 Å². The lowest BCUT2D eigenvalue weighted by molar-refractivity contribution is -0.112. The number of anilines is 1. The van der Waals surface area contributed by atoms with E-state index in [4.69, 9.17) is 4.74 Å². The highest BCUT2D eigenvalue weighted by molar-refractivity contribution is 6.10. The highest BCUT2D eigenvalue weighted by Gasteiger charge is 2.14. The van der Waals surface area contributed by atoms with Gasteiger partial charge in [-0.2, -0.15) is 5.26 Å². The number of aromatic nitrogens is 1. The van der Waals surface area contributed by atoms with Crippen molar-refractivity contribution >= 4 is 17.7 Å². The second-order valence-corrected chi connectivity index (χ2v) is 6.45. The standard InChI is InChI=1S/C22H27N3O2/c1-5-11-25-16(3)13-18(17(25)4)14-19(15-23)22(26)24-20-9-7-8-10-21(20)27-12-6-2/h7-10,13-14H,5-6,11-12H2,1-4H3,(H,24,26)/b19-14+. The number of amides is 1. The molecule has 0 radical (unpaired) electrons. The Morgan fingerprint density at radius 1 is 1.26 bits per heavy atom. The summed E-state index contributed by atoms with van der Waals surface area (Å²) < 4.78 is 7.86. The van der Waals surface area contributed by atoms with E-state index in [0.29, 0.717) is 18.0 Å². The Bertz CT molecular complexity index is 872. The third kappa shape index (κ3) is 5.01. The molecule has 1 amide bonds. The third-order valence-corrected chi connectivity index (χ3v) is 4.32. The normalized spacial score (nSPS) is 11.1. The monoisotopic (exact) mass is 365 g/mol. The molecule has 1 heterocycles. The van der Waals surface area contributed by atoms with Crippen LogP contribution in [0.1, 0.15) is 43.6 Å². The molecule has 27 heavy (non-hydrogen) atoms. The van der Waals surface area contributed by atoms with Crippen molar-refractivity contribution in [3.8, 4) is 11.8 Å². The molecule has 1 N–H and O–H groups in total. The van der Waals surface area contributed by atoms with Crippen LogP contribution in [0.4, 0.5) is 5.69 Å². The maximum absolute atomic E-state index is 12.6. The van der Waals surface area contributed by atoms with Crippen molar-refractivity contribution in [2.45, 2.75) is 47.1 Å². The smallest absolute Gasteiger partial charge is 0.266 e. The average molecular weight is 365 g/mol. The molecule has 2 aromatic rings. The van der Waals surface area contributed by atoms with Gasteiger partial charge >= 0.3 is 0 Å². The Hall–Kier alpha value is -3.00. The van der Waals surface area contributed by atoms with E-state index in [1.165, 1.54) is 0 Å². The molecule has 0 aliphatic heterocycles. The number of ether oxygens (including phenoxy) is 1. The second kappa shape index (κ2) is 9.63. The molecular weight excluding hydrogens is 338 g/mol. The highest BCUT2D eigenvalue weighted by Crippen LogP contribution is 2.25. The first-order valence-electron chi connectivity index (χ1n) is 9.33. The number of hydrogen-bond donors (Lipinski definition) is 1. The molecule has 0 aliphatic carbocycles. The van der Waals surface area contributed by atoms with Gasteiger partial charge in [0.25, 0.3) is 5.91 Å². The fourth-order valence-corrected chi connectivity index (χ4v) is 2.94. The van der Waals surface area contributed by atoms with Crippen LogP contribution in [-0.4, -0.2) is 17.1 Å². The van der Waals surface area contributed by atoms with Crippen LogP contribution < -0.4 is 10.1 Å². The summed E-state index contributed by atoms with van der Waals surface area (Å²) in [4.78, 5) is 12.6. The number of nitrogens with zero attached hydrogens (tertiary/aromatic N) is 2. The summed E-state index contributed by atoms with van der Waals surface area (Å²) in [5.41, 5.74) is 3.70. The van der Waals surface area contributed by atoms with Crippen LogP contribution in [-0.2, 0) is 11.3 Å². The largest absolute Gasteiger partial charge is 0.491 e. The second-order valence-electron chi connectivity index (χ2n) is 6.45. The lowest BCUT2D eigenvalue weighted by Crippen LogP contribution is -2.14. The van der Waals surface area contributed by atoms with Crippen molar-refractivity contribution in [3.63, 3.8) is 0 Å². The van der Waals surface area contributed by atoms with Crippen molar-refractivity contribution in [1.29, 1.82) is 5.26 Å². The summed E-state index contributed by atoms with van der Waals surface area (Å²) in [5.74, 6) is 0.163. The van der Waals surface area contributed by atoms with Gasteiger partial charge in [-0.3, -0.25) is 4.79 Å². The van der Waals surface area contributed by atoms with E-state index >= 15 is 0 Å². The summed E-state index contributed by atoms with van der Waals surface area (Å²) >= 11 is 0. The topological polar surface area (TPSA) is 67.0 Å². The molecule has 1 aromatic carbocycles. The van der Waals surface area contributed by atoms with Crippen molar-refractivity contribution in [2.24, 2.45) is 0 Å². The van der Waals surface area contributed by atoms with Crippen molar-refractivity contribution in [1.82, 2.24) is 4.57 Å². The zero-order chi connectivity index (χ0) is 19.8. The molecule has 1 aromatic heterocycles. The minimum atomic E-state index is -0.439. The Balaban J connectivity index is 2.26. The van der Waals surface area contributed by atoms with Gasteiger partial charge < -0.3 is 14.6 Å². The maximum Gasteiger partial charge on any atom is 0.266 e. The summed E-state index contributed by atoms with van der Waals surface area (Å²) in [5, 5.41) is 12.3. The molecule has 0 atom stereocenters. The van der Waals surface area contributed by atoms with Gasteiger partial charge in [0.15, 0.2) is 0 Å². The number of para-hydroxylation sites is 2. The molecule has 2 rings (SSSR count). The van der Waals surface area contributed by atoms with Gasteiger partial charge in [0.1, 0.15) is 17.4 Å². The summed E-state index contributed by atoms with van der Waals surface area (Å²) in [6.45, 7) is 9.68. The molecule has 0 bridgehead atoms. The fourth-order valence-electron chi connectivity index (χ4n) is 2.94. The van der Waals surface area contributed by atoms with E-state index in [2.05, 4.69) is 16.8 Å². The summed E-state index contributed by atoms with van der Waals surface area (Å²) in [6.07, 6.45) is 3.55. The van der Waals surface area contributed by atoms with E-state index in [1.54, 1.807) is 18.2 Å². The first kappa shape index (κ1) is 20.3. The van der Waals surface area contributed by atoms with Gasteiger partial charge in [-0.15, -0.1) is 0 Å². The molecule has 0 saturated heterocycles. The van der Waals surface area contributed by atoms with Crippen LogP contribution >= 0.6 is 0 Å². The van der Waals surface area contributed by atoms with Crippen LogP contribution in [0.15, 0.2) is 35.9 Å². The zero-order valence-corrected chi connectivity index (χ0v) is 16.5. The SMILES string of the molecule is CCCOc1ccccc1NC(=O)/C(C#N)=C/c1cc(C)n(CCC)c1C. The van der Waals surface area contributed by atoms with E-state index < -0.39 is 5.91 Å². The lowest BCUT2D eigenvalue weighted by Gasteiger charge is -2.11. The number of nitrogens with one attached hydrogen (secondary N) is 1. The third-order valence-electron chi connectivity index (χ3n) is 4.32. The quantitative estimate of drug-likeness (QED) is 0.537. The van der Waals surface area contributed by atoms with Gasteiger partial charge in [0.2, 0.25) is 0 Å². The van der Waals surface area contributed by atoms with Crippen molar-refractivity contribution < 1.29 is 9.53 Å². The van der Waals surface area contributed by atoms with Gasteiger partial charge in [0, 0.05) is 17.9 Å². The van der Waals surface area contributed by atoms with Gasteiger partial charge in [0.05, 0.1) is 12.3 Å². The number of nitriles is 1. The molecule has 142 valence electrons. The highest BCUT2D eigenvalue weighted by atomic mass is 16.5. The minimum absolute atomic E-state index is 0.0667. The molecule has 0 spiro atoms. The maximum atomic E-state index is 12.6. The van der Waals surface area contributed by atoms with Gasteiger partial charge in [-0.1, -0.05) is 26.0 Å². The Morgan fingerprint density at radius 2 is 2.00 bits per heavy atom. The van der Waals surface area contributed by atoms with Gasteiger partial charge in [-0.05, 0) is 56.5 Å². The van der Waals surface area contributed by atoms with Crippen LogP contribution in [0.25, 0.3) is 6.08 Å². The average Bonchev–Trinajstić information content (AvgIpc) is 2.93. The zero-order valence-electron chi connectivity index (χ0n) is 16.5. The van der Waals surface area contributed by atoms with Crippen LogP contribution in [0.2, 0.25) is 0 Å². The van der Waals surface area contributed by atoms with Crippen LogP contribution in [0.5, 0.6) is 5.75 Å². The molecule has 0 fully saturated rings. The number of carbonyl (C=O) groups is 1. The number of benzene rings is 1. The first-order chi connectivity index (χ1) is 13.0. The Kier molecular flexibility index (Phi) is 7.25. The predicted molar refractivity (Wildman–Crippen MR) is 109 cm³/mol. The lowest BCUT2D eigenvalue weighted by atomic mass is 10.1. The number of rotatable bonds is 8. The summed E-state index contributed by atoms with van der Waals surface area (Å²) in [6, 6.07) is 11.3. The van der Waals surface area contributed by atoms with Crippen molar-refractivity contribution in [3.05, 3.63) is 52.9 Å². The molecule has 0 aliphatic rings. The summed E-state index contributed by atoms with van der Waals surface area (Å²) in [7, 11) is 0. The minimum Gasteiger partial charge on any atom is -0.491 e. The number of carbonyl (C=O) groups excluding carboxylic acids is 1. The molecule has 0 unspecified atom stereocenters.